The van der Waals surface area contributed by atoms with E-state index in [0.29, 0.717) is 6.04 Å². The van der Waals surface area contributed by atoms with E-state index in [9.17, 15) is 0 Å². The van der Waals surface area contributed by atoms with Crippen LogP contribution >= 0.6 is 0 Å². The van der Waals surface area contributed by atoms with Gasteiger partial charge in [-0.05, 0) is 29.6 Å². The van der Waals surface area contributed by atoms with Crippen molar-refractivity contribution in [1.29, 1.82) is 0 Å². The van der Waals surface area contributed by atoms with Gasteiger partial charge in [-0.15, -0.1) is 0 Å². The molecular formula is C8H10N2. The highest BCUT2D eigenvalue weighted by Gasteiger charge is 2.33. The van der Waals surface area contributed by atoms with Crippen molar-refractivity contribution >= 4 is 0 Å². The number of hydrogen-bond acceptors (Lipinski definition) is 2. The van der Waals surface area contributed by atoms with E-state index < -0.39 is 0 Å². The maximum Gasteiger partial charge on any atom is 0.0447 e. The SMILES string of the molecule is C1=C2CCC3NNCC3=C12. The molecule has 1 aliphatic heterocycles. The molecule has 10 heavy (non-hydrogen) atoms. The minimum atomic E-state index is 0.650. The summed E-state index contributed by atoms with van der Waals surface area (Å²) in [5.41, 5.74) is 11.2. The minimum Gasteiger partial charge on any atom is -0.253 e. The zero-order valence-electron chi connectivity index (χ0n) is 5.78. The fraction of sp³-hybridized carbons (Fsp3) is 0.500. The van der Waals surface area contributed by atoms with Gasteiger partial charge in [0.25, 0.3) is 0 Å². The topological polar surface area (TPSA) is 24.1 Å². The molecule has 52 valence electrons. The van der Waals surface area contributed by atoms with Gasteiger partial charge in [0.05, 0.1) is 0 Å². The van der Waals surface area contributed by atoms with Gasteiger partial charge in [0.15, 0.2) is 0 Å². The highest BCUT2D eigenvalue weighted by molar-refractivity contribution is 5.63. The van der Waals surface area contributed by atoms with E-state index in [1.165, 1.54) is 12.8 Å². The van der Waals surface area contributed by atoms with Crippen molar-refractivity contribution in [2.75, 3.05) is 6.54 Å². The number of nitrogens with one attached hydrogen (secondary N) is 2. The van der Waals surface area contributed by atoms with Crippen LogP contribution in [0.2, 0.25) is 0 Å². The van der Waals surface area contributed by atoms with Gasteiger partial charge in [-0.2, -0.15) is 0 Å². The average molecular weight is 134 g/mol. The number of rotatable bonds is 0. The first-order chi connectivity index (χ1) is 4.95. The van der Waals surface area contributed by atoms with Gasteiger partial charge in [-0.25, -0.2) is 0 Å². The van der Waals surface area contributed by atoms with Gasteiger partial charge in [0.2, 0.25) is 0 Å². The molecule has 3 rings (SSSR count). The molecule has 3 aliphatic rings. The Hall–Kier alpha value is -0.600. The van der Waals surface area contributed by atoms with Crippen molar-refractivity contribution in [1.82, 2.24) is 10.9 Å². The molecule has 0 bridgehead atoms. The molecule has 1 fully saturated rings. The monoisotopic (exact) mass is 134 g/mol. The Labute approximate surface area is 60.0 Å². The van der Waals surface area contributed by atoms with Gasteiger partial charge in [-0.3, -0.25) is 10.9 Å². The van der Waals surface area contributed by atoms with Crippen LogP contribution in [0.1, 0.15) is 12.8 Å². The summed E-state index contributed by atoms with van der Waals surface area (Å²) in [6.07, 6.45) is 4.90. The molecule has 1 atom stereocenters. The standard InChI is InChI=1S/C8H10N2/c1-2-8-7(4-9-10-8)6-3-5(1)6/h3,8-10H,1-2,4H2. The molecule has 0 aromatic carbocycles. The van der Waals surface area contributed by atoms with E-state index >= 15 is 0 Å². The molecule has 0 saturated carbocycles. The maximum absolute atomic E-state index is 3.27. The van der Waals surface area contributed by atoms with E-state index in [-0.39, 0.29) is 0 Å². The Balaban J connectivity index is 2.05. The second kappa shape index (κ2) is 1.52. The second-order valence-electron chi connectivity index (χ2n) is 3.20. The largest absolute Gasteiger partial charge is 0.253 e. The molecular weight excluding hydrogens is 124 g/mol. The Morgan fingerprint density at radius 1 is 1.50 bits per heavy atom. The van der Waals surface area contributed by atoms with E-state index in [4.69, 9.17) is 0 Å². The highest BCUT2D eigenvalue weighted by atomic mass is 15.4. The van der Waals surface area contributed by atoms with Crippen molar-refractivity contribution in [2.45, 2.75) is 18.9 Å². The molecule has 2 nitrogen and oxygen atoms in total. The van der Waals surface area contributed by atoms with Crippen LogP contribution in [-0.2, 0) is 0 Å². The van der Waals surface area contributed by atoms with Gasteiger partial charge in [-0.1, -0.05) is 6.08 Å². The van der Waals surface area contributed by atoms with Gasteiger partial charge in [0.1, 0.15) is 0 Å². The lowest BCUT2D eigenvalue weighted by Crippen LogP contribution is -2.30. The zero-order valence-corrected chi connectivity index (χ0v) is 5.78. The van der Waals surface area contributed by atoms with Crippen LogP contribution in [0.4, 0.5) is 0 Å². The molecule has 1 unspecified atom stereocenters. The van der Waals surface area contributed by atoms with Crippen LogP contribution in [-0.4, -0.2) is 12.6 Å². The normalized spacial score (nSPS) is 35.2. The molecule has 0 amide bonds. The summed E-state index contributed by atoms with van der Waals surface area (Å²) in [5, 5.41) is 0. The minimum absolute atomic E-state index is 0.650. The summed E-state index contributed by atoms with van der Waals surface area (Å²) in [6.45, 7) is 1.06. The summed E-state index contributed by atoms with van der Waals surface area (Å²) >= 11 is 0. The van der Waals surface area contributed by atoms with E-state index in [1.807, 2.05) is 0 Å². The predicted molar refractivity (Wildman–Crippen MR) is 39.3 cm³/mol. The van der Waals surface area contributed by atoms with Gasteiger partial charge < -0.3 is 0 Å². The molecule has 0 aromatic rings. The van der Waals surface area contributed by atoms with Crippen LogP contribution in [0, 0.1) is 0 Å². The summed E-state index contributed by atoms with van der Waals surface area (Å²) in [7, 11) is 0. The number of allylic oxidation sites excluding steroid dienone is 3. The fourth-order valence-corrected chi connectivity index (χ4v) is 1.95. The number of hydrazine groups is 1. The molecule has 0 spiro atoms. The summed E-state index contributed by atoms with van der Waals surface area (Å²) in [6, 6.07) is 0.650. The Kier molecular flexibility index (Phi) is 0.775. The van der Waals surface area contributed by atoms with Crippen molar-refractivity contribution in [3.63, 3.8) is 0 Å². The van der Waals surface area contributed by atoms with Crippen molar-refractivity contribution < 1.29 is 0 Å². The number of fused-ring (bicyclic) bond motifs is 2. The molecule has 0 radical (unpaired) electrons. The fourth-order valence-electron chi connectivity index (χ4n) is 1.95. The molecule has 2 aliphatic carbocycles. The van der Waals surface area contributed by atoms with Crippen LogP contribution in [0.25, 0.3) is 0 Å². The lowest BCUT2D eigenvalue weighted by Gasteiger charge is -2.14. The van der Waals surface area contributed by atoms with Crippen LogP contribution < -0.4 is 10.9 Å². The van der Waals surface area contributed by atoms with Crippen molar-refractivity contribution in [2.24, 2.45) is 0 Å². The number of hydrogen-bond donors (Lipinski definition) is 2. The van der Waals surface area contributed by atoms with Crippen LogP contribution in [0.5, 0.6) is 0 Å². The second-order valence-corrected chi connectivity index (χ2v) is 3.20. The summed E-state index contributed by atoms with van der Waals surface area (Å²) < 4.78 is 0. The quantitative estimate of drug-likeness (QED) is 0.504. The van der Waals surface area contributed by atoms with E-state index in [0.717, 1.165) is 6.54 Å². The molecule has 1 heterocycles. The van der Waals surface area contributed by atoms with E-state index in [1.54, 1.807) is 16.7 Å². The highest BCUT2D eigenvalue weighted by Crippen LogP contribution is 2.41. The smallest absolute Gasteiger partial charge is 0.0447 e. The van der Waals surface area contributed by atoms with E-state index in [2.05, 4.69) is 16.9 Å². The third kappa shape index (κ3) is 0.509. The molecule has 1 saturated heterocycles. The van der Waals surface area contributed by atoms with Crippen LogP contribution in [0.15, 0.2) is 22.8 Å². The Bertz CT molecular complexity index is 250. The lowest BCUT2D eigenvalue weighted by molar-refractivity contribution is 0.544. The zero-order chi connectivity index (χ0) is 6.55. The summed E-state index contributed by atoms with van der Waals surface area (Å²) in [5.74, 6) is 0. The predicted octanol–water partition coefficient (Wildman–Crippen LogP) is 0.493. The van der Waals surface area contributed by atoms with Crippen molar-refractivity contribution in [3.05, 3.63) is 22.8 Å². The van der Waals surface area contributed by atoms with Crippen LogP contribution in [0.3, 0.4) is 0 Å². The molecule has 2 N–H and O–H groups in total. The lowest BCUT2D eigenvalue weighted by atomic mass is 9.96. The third-order valence-corrected chi connectivity index (χ3v) is 2.61. The molecule has 2 heteroatoms. The van der Waals surface area contributed by atoms with Crippen molar-refractivity contribution in [3.8, 4) is 0 Å². The maximum atomic E-state index is 3.27. The average Bonchev–Trinajstić information content (AvgIpc) is 2.60. The first kappa shape index (κ1) is 5.10. The Morgan fingerprint density at radius 2 is 2.50 bits per heavy atom. The van der Waals surface area contributed by atoms with Gasteiger partial charge in [0, 0.05) is 12.6 Å². The first-order valence-electron chi connectivity index (χ1n) is 3.87. The first-order valence-corrected chi connectivity index (χ1v) is 3.87. The molecule has 0 aromatic heterocycles. The third-order valence-electron chi connectivity index (χ3n) is 2.61. The summed E-state index contributed by atoms with van der Waals surface area (Å²) in [4.78, 5) is 0. The van der Waals surface area contributed by atoms with Gasteiger partial charge >= 0.3 is 0 Å². The Morgan fingerprint density at radius 3 is 3.50 bits per heavy atom.